The van der Waals surface area contributed by atoms with E-state index in [0.29, 0.717) is 5.89 Å². The van der Waals surface area contributed by atoms with Crippen molar-refractivity contribution >= 4 is 39.1 Å². The summed E-state index contributed by atoms with van der Waals surface area (Å²) in [5.74, 6) is 0.397. The number of thioether (sulfide) groups is 1. The number of aromatic nitrogens is 2. The molecule has 3 rings (SSSR count). The minimum absolute atomic E-state index is 0.0833. The molecule has 1 heterocycles. The first-order valence-corrected chi connectivity index (χ1v) is 8.86. The fourth-order valence-corrected chi connectivity index (χ4v) is 3.11. The number of benzene rings is 2. The minimum Gasteiger partial charge on any atom is -0.411 e. The number of nitrogens with zero attached hydrogens (tertiary/aromatic N) is 4. The Balaban J connectivity index is 1.79. The molecule has 132 valence electrons. The monoisotopic (exact) mass is 436 g/mol. The van der Waals surface area contributed by atoms with Gasteiger partial charge in [0.1, 0.15) is 0 Å². The summed E-state index contributed by atoms with van der Waals surface area (Å²) in [4.78, 5) is 20.8. The Morgan fingerprint density at radius 3 is 2.42 bits per heavy atom. The van der Waals surface area contributed by atoms with Gasteiger partial charge in [0, 0.05) is 39.6 Å². The fourth-order valence-electron chi connectivity index (χ4n) is 2.10. The Labute approximate surface area is 158 Å². The highest BCUT2D eigenvalue weighted by atomic mass is 79.9. The average Bonchev–Trinajstić information content (AvgIpc) is 3.09. The van der Waals surface area contributed by atoms with Gasteiger partial charge >= 0.3 is 0 Å². The number of hydrogen-bond acceptors (Lipinski definition) is 8. The third kappa shape index (κ3) is 4.06. The molecule has 1 aromatic heterocycles. The van der Waals surface area contributed by atoms with Gasteiger partial charge in [-0.25, -0.2) is 0 Å². The second kappa shape index (κ2) is 7.62. The first-order chi connectivity index (χ1) is 12.4. The van der Waals surface area contributed by atoms with Gasteiger partial charge in [0.05, 0.1) is 9.85 Å². The van der Waals surface area contributed by atoms with E-state index >= 15 is 0 Å². The SMILES string of the molecule is O=[N+]([O-])c1ccc([N+](=O)[O-])c(CSc2nnc(-c3ccc(Br)cc3)o2)c1. The second-order valence-corrected chi connectivity index (χ2v) is 6.84. The van der Waals surface area contributed by atoms with Crippen LogP contribution >= 0.6 is 27.7 Å². The van der Waals surface area contributed by atoms with E-state index in [1.165, 1.54) is 6.07 Å². The van der Waals surface area contributed by atoms with E-state index in [2.05, 4.69) is 26.1 Å². The van der Waals surface area contributed by atoms with Crippen LogP contribution in [0.15, 0.2) is 56.6 Å². The first kappa shape index (κ1) is 18.0. The normalized spacial score (nSPS) is 10.7. The minimum atomic E-state index is -0.601. The van der Waals surface area contributed by atoms with Gasteiger partial charge in [-0.1, -0.05) is 27.7 Å². The lowest BCUT2D eigenvalue weighted by Gasteiger charge is -2.01. The van der Waals surface area contributed by atoms with Crippen molar-refractivity contribution in [3.05, 3.63) is 72.7 Å². The van der Waals surface area contributed by atoms with Crippen LogP contribution in [0.2, 0.25) is 0 Å². The molecular formula is C15H9BrN4O5S. The van der Waals surface area contributed by atoms with E-state index in [4.69, 9.17) is 4.42 Å². The summed E-state index contributed by atoms with van der Waals surface area (Å²) in [6.07, 6.45) is 0. The molecular weight excluding hydrogens is 428 g/mol. The van der Waals surface area contributed by atoms with Gasteiger partial charge in [-0.2, -0.15) is 0 Å². The van der Waals surface area contributed by atoms with Crippen molar-refractivity contribution in [1.82, 2.24) is 10.2 Å². The highest BCUT2D eigenvalue weighted by Crippen LogP contribution is 2.31. The average molecular weight is 437 g/mol. The molecule has 0 unspecified atom stereocenters. The van der Waals surface area contributed by atoms with Crippen LogP contribution < -0.4 is 0 Å². The van der Waals surface area contributed by atoms with Crippen LogP contribution in [0.4, 0.5) is 11.4 Å². The van der Waals surface area contributed by atoms with Gasteiger partial charge in [0.25, 0.3) is 16.6 Å². The van der Waals surface area contributed by atoms with Crippen LogP contribution in [0, 0.1) is 20.2 Å². The summed E-state index contributed by atoms with van der Waals surface area (Å²) < 4.78 is 6.44. The molecule has 0 amide bonds. The predicted octanol–water partition coefficient (Wildman–Crippen LogP) is 4.61. The molecule has 11 heteroatoms. The lowest BCUT2D eigenvalue weighted by molar-refractivity contribution is -0.389. The summed E-state index contributed by atoms with van der Waals surface area (Å²) in [5.41, 5.74) is 0.523. The summed E-state index contributed by atoms with van der Waals surface area (Å²) in [7, 11) is 0. The molecule has 0 bridgehead atoms. The molecule has 0 N–H and O–H groups in total. The smallest absolute Gasteiger partial charge is 0.277 e. The summed E-state index contributed by atoms with van der Waals surface area (Å²) in [6.45, 7) is 0. The number of nitro groups is 2. The van der Waals surface area contributed by atoms with E-state index in [0.717, 1.165) is 33.9 Å². The lowest BCUT2D eigenvalue weighted by atomic mass is 10.2. The first-order valence-electron chi connectivity index (χ1n) is 7.08. The Bertz CT molecular complexity index is 976. The molecule has 2 aromatic carbocycles. The van der Waals surface area contributed by atoms with E-state index in [1.54, 1.807) is 12.1 Å². The van der Waals surface area contributed by atoms with Gasteiger partial charge in [-0.15, -0.1) is 10.2 Å². The van der Waals surface area contributed by atoms with E-state index in [9.17, 15) is 20.2 Å². The van der Waals surface area contributed by atoms with Crippen molar-refractivity contribution in [2.45, 2.75) is 11.0 Å². The Hall–Kier alpha value is -2.79. The quantitative estimate of drug-likeness (QED) is 0.311. The molecule has 0 aliphatic heterocycles. The van der Waals surface area contributed by atoms with Crippen LogP contribution in [-0.4, -0.2) is 20.0 Å². The van der Waals surface area contributed by atoms with Gasteiger partial charge in [0.2, 0.25) is 5.89 Å². The molecule has 9 nitrogen and oxygen atoms in total. The summed E-state index contributed by atoms with van der Waals surface area (Å²) in [5, 5.41) is 30.0. The molecule has 0 saturated carbocycles. The number of halogens is 1. The molecule has 0 atom stereocenters. The standard InChI is InChI=1S/C15H9BrN4O5S/c16-11-3-1-9(2-4-11)14-17-18-15(25-14)26-8-10-7-12(19(21)22)5-6-13(10)20(23)24/h1-7H,8H2. The van der Waals surface area contributed by atoms with Crippen LogP contribution in [0.1, 0.15) is 5.56 Å². The second-order valence-electron chi connectivity index (χ2n) is 5.00. The van der Waals surface area contributed by atoms with Crippen LogP contribution in [0.3, 0.4) is 0 Å². The number of rotatable bonds is 6. The zero-order valence-electron chi connectivity index (χ0n) is 12.9. The maximum Gasteiger partial charge on any atom is 0.277 e. The molecule has 26 heavy (non-hydrogen) atoms. The number of nitro benzene ring substituents is 2. The van der Waals surface area contributed by atoms with Crippen LogP contribution in [0.25, 0.3) is 11.5 Å². The third-order valence-electron chi connectivity index (χ3n) is 3.32. The number of non-ortho nitro benzene ring substituents is 1. The summed E-state index contributed by atoms with van der Waals surface area (Å²) >= 11 is 4.40. The van der Waals surface area contributed by atoms with Crippen molar-refractivity contribution in [2.75, 3.05) is 0 Å². The van der Waals surface area contributed by atoms with Crippen LogP contribution in [-0.2, 0) is 5.75 Å². The van der Waals surface area contributed by atoms with E-state index in [-0.39, 0.29) is 27.9 Å². The highest BCUT2D eigenvalue weighted by Gasteiger charge is 2.19. The highest BCUT2D eigenvalue weighted by molar-refractivity contribution is 9.10. The van der Waals surface area contributed by atoms with E-state index in [1.807, 2.05) is 12.1 Å². The zero-order valence-corrected chi connectivity index (χ0v) is 15.3. The lowest BCUT2D eigenvalue weighted by Crippen LogP contribution is -1.96. The topological polar surface area (TPSA) is 125 Å². The Morgan fingerprint density at radius 1 is 1.04 bits per heavy atom. The van der Waals surface area contributed by atoms with Crippen molar-refractivity contribution < 1.29 is 14.3 Å². The number of hydrogen-bond donors (Lipinski definition) is 0. The molecule has 0 aliphatic carbocycles. The molecule has 0 saturated heterocycles. The van der Waals surface area contributed by atoms with Crippen LogP contribution in [0.5, 0.6) is 0 Å². The molecule has 0 radical (unpaired) electrons. The largest absolute Gasteiger partial charge is 0.411 e. The van der Waals surface area contributed by atoms with Gasteiger partial charge in [-0.05, 0) is 24.3 Å². The molecule has 3 aromatic rings. The van der Waals surface area contributed by atoms with E-state index < -0.39 is 9.85 Å². The van der Waals surface area contributed by atoms with Crippen molar-refractivity contribution in [2.24, 2.45) is 0 Å². The Morgan fingerprint density at radius 2 is 1.77 bits per heavy atom. The predicted molar refractivity (Wildman–Crippen MR) is 96.7 cm³/mol. The molecule has 0 spiro atoms. The van der Waals surface area contributed by atoms with Crippen molar-refractivity contribution in [3.8, 4) is 11.5 Å². The maximum absolute atomic E-state index is 11.1. The van der Waals surface area contributed by atoms with Crippen molar-refractivity contribution in [3.63, 3.8) is 0 Å². The van der Waals surface area contributed by atoms with Crippen molar-refractivity contribution in [1.29, 1.82) is 0 Å². The van der Waals surface area contributed by atoms with Gasteiger partial charge in [-0.3, -0.25) is 20.2 Å². The maximum atomic E-state index is 11.1. The van der Waals surface area contributed by atoms with Gasteiger partial charge < -0.3 is 4.42 Å². The molecule has 0 aliphatic rings. The molecule has 0 fully saturated rings. The third-order valence-corrected chi connectivity index (χ3v) is 4.72. The summed E-state index contributed by atoms with van der Waals surface area (Å²) in [6, 6.07) is 10.7. The fraction of sp³-hybridized carbons (Fsp3) is 0.0667. The zero-order chi connectivity index (χ0) is 18.7. The Kier molecular flexibility index (Phi) is 5.28. The van der Waals surface area contributed by atoms with Gasteiger partial charge in [0.15, 0.2) is 0 Å².